The van der Waals surface area contributed by atoms with E-state index in [0.29, 0.717) is 5.69 Å². The largest absolute Gasteiger partial charge is 0.488 e. The highest BCUT2D eigenvalue weighted by Gasteiger charge is 2.43. The number of anilines is 1. The van der Waals surface area contributed by atoms with Crippen molar-refractivity contribution in [3.63, 3.8) is 0 Å². The maximum atomic E-state index is 6.05. The molecule has 18 heavy (non-hydrogen) atoms. The quantitative estimate of drug-likeness (QED) is 0.850. The number of ether oxygens (including phenoxy) is 2. The summed E-state index contributed by atoms with van der Waals surface area (Å²) in [5.74, 6) is 0.791. The normalized spacial score (nSPS) is 25.7. The molecule has 0 aromatic heterocycles. The van der Waals surface area contributed by atoms with Crippen molar-refractivity contribution >= 4 is 21.6 Å². The van der Waals surface area contributed by atoms with Crippen LogP contribution in [0.3, 0.4) is 0 Å². The van der Waals surface area contributed by atoms with Crippen LogP contribution in [0.2, 0.25) is 0 Å². The molecule has 1 unspecified atom stereocenters. The van der Waals surface area contributed by atoms with Crippen LogP contribution in [0.4, 0.5) is 5.69 Å². The fraction of sp³-hybridized carbons (Fsp3) is 0.571. The van der Waals surface area contributed by atoms with Crippen LogP contribution in [0.5, 0.6) is 5.75 Å². The first kappa shape index (κ1) is 12.3. The van der Waals surface area contributed by atoms with Crippen molar-refractivity contribution in [3.8, 4) is 5.75 Å². The van der Waals surface area contributed by atoms with Gasteiger partial charge < -0.3 is 15.2 Å². The standard InChI is InChI=1S/C14H18BrNO2/c15-10-2-3-13(12(16)8-10)18-11-4-7-17-14(9-11)5-1-6-14/h2-3,8,11H,1,4-7,9,16H2. The molecule has 1 aliphatic carbocycles. The molecule has 1 heterocycles. The van der Waals surface area contributed by atoms with Gasteiger partial charge in [0.25, 0.3) is 0 Å². The monoisotopic (exact) mass is 311 g/mol. The molecule has 2 N–H and O–H groups in total. The minimum atomic E-state index is 0.118. The second kappa shape index (κ2) is 4.74. The van der Waals surface area contributed by atoms with E-state index in [2.05, 4.69) is 15.9 Å². The Balaban J connectivity index is 1.68. The van der Waals surface area contributed by atoms with Crippen LogP contribution >= 0.6 is 15.9 Å². The summed E-state index contributed by atoms with van der Waals surface area (Å²) in [6, 6.07) is 5.78. The lowest BCUT2D eigenvalue weighted by Gasteiger charge is -2.46. The van der Waals surface area contributed by atoms with Crippen LogP contribution in [0, 0.1) is 0 Å². The zero-order chi connectivity index (χ0) is 12.6. The Hall–Kier alpha value is -0.740. The van der Waals surface area contributed by atoms with Gasteiger partial charge in [0.15, 0.2) is 0 Å². The Kier molecular flexibility index (Phi) is 3.24. The molecule has 1 aliphatic heterocycles. The SMILES string of the molecule is Nc1cc(Br)ccc1OC1CCOC2(CCC2)C1. The van der Waals surface area contributed by atoms with Gasteiger partial charge in [0.1, 0.15) is 11.9 Å². The molecule has 0 amide bonds. The van der Waals surface area contributed by atoms with Crippen LogP contribution in [0.1, 0.15) is 32.1 Å². The zero-order valence-electron chi connectivity index (χ0n) is 10.3. The molecule has 1 saturated carbocycles. The lowest BCUT2D eigenvalue weighted by atomic mass is 9.74. The maximum absolute atomic E-state index is 6.05. The van der Waals surface area contributed by atoms with E-state index in [1.165, 1.54) is 19.3 Å². The third-order valence-electron chi connectivity index (χ3n) is 3.98. The molecule has 1 atom stereocenters. The highest BCUT2D eigenvalue weighted by atomic mass is 79.9. The lowest BCUT2D eigenvalue weighted by Crippen LogP contribution is -2.48. The van der Waals surface area contributed by atoms with Gasteiger partial charge in [-0.15, -0.1) is 0 Å². The van der Waals surface area contributed by atoms with Crippen LogP contribution in [-0.2, 0) is 4.74 Å². The van der Waals surface area contributed by atoms with Gasteiger partial charge in [0, 0.05) is 17.3 Å². The molecule has 3 nitrogen and oxygen atoms in total. The highest BCUT2D eigenvalue weighted by molar-refractivity contribution is 9.10. The molecule has 1 aromatic rings. The minimum Gasteiger partial charge on any atom is -0.488 e. The molecule has 2 fully saturated rings. The third-order valence-corrected chi connectivity index (χ3v) is 4.47. The predicted molar refractivity (Wildman–Crippen MR) is 74.7 cm³/mol. The summed E-state index contributed by atoms with van der Waals surface area (Å²) in [5.41, 5.74) is 6.78. The zero-order valence-corrected chi connectivity index (χ0v) is 11.9. The molecule has 1 spiro atoms. The highest BCUT2D eigenvalue weighted by Crippen LogP contribution is 2.43. The molecule has 2 aliphatic rings. The fourth-order valence-electron chi connectivity index (χ4n) is 2.81. The Bertz CT molecular complexity index is 445. The lowest BCUT2D eigenvalue weighted by molar-refractivity contribution is -0.153. The van der Waals surface area contributed by atoms with Gasteiger partial charge in [-0.1, -0.05) is 15.9 Å². The van der Waals surface area contributed by atoms with Gasteiger partial charge in [-0.25, -0.2) is 0 Å². The van der Waals surface area contributed by atoms with E-state index in [9.17, 15) is 0 Å². The third kappa shape index (κ3) is 2.36. The number of rotatable bonds is 2. The fourth-order valence-corrected chi connectivity index (χ4v) is 3.19. The van der Waals surface area contributed by atoms with E-state index in [1.807, 2.05) is 18.2 Å². The molecule has 0 radical (unpaired) electrons. The molecular weight excluding hydrogens is 294 g/mol. The summed E-state index contributed by atoms with van der Waals surface area (Å²) >= 11 is 3.40. The van der Waals surface area contributed by atoms with Crippen LogP contribution in [-0.4, -0.2) is 18.3 Å². The van der Waals surface area contributed by atoms with Crippen LogP contribution < -0.4 is 10.5 Å². The smallest absolute Gasteiger partial charge is 0.142 e. The van der Waals surface area contributed by atoms with Gasteiger partial charge >= 0.3 is 0 Å². The summed E-state index contributed by atoms with van der Waals surface area (Å²) in [6.07, 6.45) is 5.85. The summed E-state index contributed by atoms with van der Waals surface area (Å²) in [7, 11) is 0. The number of benzene rings is 1. The molecule has 1 saturated heterocycles. The number of nitrogen functional groups attached to an aromatic ring is 1. The van der Waals surface area contributed by atoms with Gasteiger partial charge in [-0.2, -0.15) is 0 Å². The van der Waals surface area contributed by atoms with E-state index in [4.69, 9.17) is 15.2 Å². The van der Waals surface area contributed by atoms with Crippen molar-refractivity contribution in [1.82, 2.24) is 0 Å². The molecule has 4 heteroatoms. The Labute approximate surface area is 116 Å². The van der Waals surface area contributed by atoms with Crippen molar-refractivity contribution < 1.29 is 9.47 Å². The van der Waals surface area contributed by atoms with E-state index < -0.39 is 0 Å². The molecule has 3 rings (SSSR count). The first-order valence-electron chi connectivity index (χ1n) is 6.53. The number of nitrogens with two attached hydrogens (primary N) is 1. The van der Waals surface area contributed by atoms with E-state index in [1.54, 1.807) is 0 Å². The number of halogens is 1. The molecule has 0 bridgehead atoms. The minimum absolute atomic E-state index is 0.118. The predicted octanol–water partition coefficient (Wildman–Crippen LogP) is 3.51. The summed E-state index contributed by atoms with van der Waals surface area (Å²) < 4.78 is 12.9. The Morgan fingerprint density at radius 3 is 2.89 bits per heavy atom. The summed E-state index contributed by atoms with van der Waals surface area (Å²) in [4.78, 5) is 0. The second-order valence-electron chi connectivity index (χ2n) is 5.30. The van der Waals surface area contributed by atoms with Crippen LogP contribution in [0.25, 0.3) is 0 Å². The molecular formula is C14H18BrNO2. The Morgan fingerprint density at radius 1 is 1.39 bits per heavy atom. The first-order chi connectivity index (χ1) is 8.67. The van der Waals surface area contributed by atoms with Crippen LogP contribution in [0.15, 0.2) is 22.7 Å². The van der Waals surface area contributed by atoms with Crippen molar-refractivity contribution in [2.75, 3.05) is 12.3 Å². The average Bonchev–Trinajstić information content (AvgIpc) is 2.31. The first-order valence-corrected chi connectivity index (χ1v) is 7.32. The van der Waals surface area contributed by atoms with E-state index in [-0.39, 0.29) is 11.7 Å². The van der Waals surface area contributed by atoms with Gasteiger partial charge in [0.2, 0.25) is 0 Å². The van der Waals surface area contributed by atoms with Gasteiger partial charge in [0.05, 0.1) is 17.9 Å². The van der Waals surface area contributed by atoms with E-state index in [0.717, 1.165) is 29.7 Å². The van der Waals surface area contributed by atoms with Crippen molar-refractivity contribution in [2.45, 2.75) is 43.8 Å². The summed E-state index contributed by atoms with van der Waals surface area (Å²) in [5, 5.41) is 0. The van der Waals surface area contributed by atoms with Crippen molar-refractivity contribution in [3.05, 3.63) is 22.7 Å². The van der Waals surface area contributed by atoms with Crippen molar-refractivity contribution in [2.24, 2.45) is 0 Å². The topological polar surface area (TPSA) is 44.5 Å². The average molecular weight is 312 g/mol. The van der Waals surface area contributed by atoms with Crippen molar-refractivity contribution in [1.29, 1.82) is 0 Å². The number of hydrogen-bond acceptors (Lipinski definition) is 3. The van der Waals surface area contributed by atoms with E-state index >= 15 is 0 Å². The maximum Gasteiger partial charge on any atom is 0.142 e. The summed E-state index contributed by atoms with van der Waals surface area (Å²) in [6.45, 7) is 0.807. The molecule has 98 valence electrons. The molecule has 1 aromatic carbocycles. The van der Waals surface area contributed by atoms with Gasteiger partial charge in [-0.3, -0.25) is 0 Å². The van der Waals surface area contributed by atoms with Gasteiger partial charge in [-0.05, 0) is 37.5 Å². The second-order valence-corrected chi connectivity index (χ2v) is 6.22. The Morgan fingerprint density at radius 2 is 2.22 bits per heavy atom. The number of hydrogen-bond donors (Lipinski definition) is 1.